The second-order valence-corrected chi connectivity index (χ2v) is 5.27. The van der Waals surface area contributed by atoms with Crippen molar-refractivity contribution in [2.24, 2.45) is 0 Å². The summed E-state index contributed by atoms with van der Waals surface area (Å²) in [6, 6.07) is 8.91. The van der Waals surface area contributed by atoms with E-state index in [-0.39, 0.29) is 27.4 Å². The number of halogens is 1. The molecule has 0 bridgehead atoms. The number of fused-ring (bicyclic) bond motifs is 1. The lowest BCUT2D eigenvalue weighted by atomic mass is 10.1. The molecule has 0 aliphatic carbocycles. The topological polar surface area (TPSA) is 101 Å². The summed E-state index contributed by atoms with van der Waals surface area (Å²) in [7, 11) is 1.26. The number of hydrogen-bond donors (Lipinski definition) is 2. The fraction of sp³-hybridized carbons (Fsp3) is 0.0625. The quantitative estimate of drug-likeness (QED) is 0.710. The van der Waals surface area contributed by atoms with Gasteiger partial charge in [0.1, 0.15) is 0 Å². The number of nitrogens with one attached hydrogen (secondary N) is 2. The van der Waals surface area contributed by atoms with Gasteiger partial charge < -0.3 is 14.5 Å². The molecule has 2 N–H and O–H groups in total. The highest BCUT2D eigenvalue weighted by Crippen LogP contribution is 2.24. The number of esters is 1. The molecule has 1 aromatic heterocycles. The molecule has 8 heteroatoms. The number of oxazole rings is 1. The summed E-state index contributed by atoms with van der Waals surface area (Å²) >= 11 is 6.04. The predicted molar refractivity (Wildman–Crippen MR) is 87.6 cm³/mol. The van der Waals surface area contributed by atoms with Gasteiger partial charge in [-0.3, -0.25) is 9.78 Å². The molecule has 7 nitrogen and oxygen atoms in total. The minimum Gasteiger partial charge on any atom is -0.465 e. The number of ether oxygens (including phenoxy) is 1. The maximum atomic E-state index is 12.4. The van der Waals surface area contributed by atoms with Crippen molar-refractivity contribution in [1.29, 1.82) is 0 Å². The second kappa shape index (κ2) is 6.21. The molecule has 2 aromatic carbocycles. The number of aromatic nitrogens is 1. The van der Waals surface area contributed by atoms with Crippen LogP contribution in [0.25, 0.3) is 11.1 Å². The van der Waals surface area contributed by atoms with Gasteiger partial charge in [0, 0.05) is 5.56 Å². The minimum atomic E-state index is -0.601. The van der Waals surface area contributed by atoms with Crippen LogP contribution in [0.2, 0.25) is 5.02 Å². The van der Waals surface area contributed by atoms with Crippen LogP contribution in [0.4, 0.5) is 5.69 Å². The molecule has 0 spiro atoms. The maximum Gasteiger partial charge on any atom is 0.417 e. The summed E-state index contributed by atoms with van der Waals surface area (Å²) in [6.45, 7) is 0. The number of carbonyl (C=O) groups excluding carboxylic acids is 2. The summed E-state index contributed by atoms with van der Waals surface area (Å²) < 4.78 is 9.55. The van der Waals surface area contributed by atoms with Crippen molar-refractivity contribution >= 4 is 40.3 Å². The van der Waals surface area contributed by atoms with Gasteiger partial charge in [0.05, 0.1) is 28.9 Å². The molecule has 0 unspecified atom stereocenters. The first-order valence-electron chi connectivity index (χ1n) is 6.80. The van der Waals surface area contributed by atoms with Crippen molar-refractivity contribution in [3.8, 4) is 0 Å². The molecule has 1 heterocycles. The summed E-state index contributed by atoms with van der Waals surface area (Å²) in [5.74, 6) is -1.61. The Balaban J connectivity index is 1.90. The normalized spacial score (nSPS) is 10.6. The van der Waals surface area contributed by atoms with E-state index in [1.165, 1.54) is 37.4 Å². The van der Waals surface area contributed by atoms with Crippen LogP contribution >= 0.6 is 11.6 Å². The van der Waals surface area contributed by atoms with E-state index in [0.717, 1.165) is 0 Å². The van der Waals surface area contributed by atoms with Gasteiger partial charge in [0.2, 0.25) is 0 Å². The van der Waals surface area contributed by atoms with Crippen LogP contribution in [0.15, 0.2) is 45.6 Å². The van der Waals surface area contributed by atoms with Gasteiger partial charge in [-0.25, -0.2) is 9.59 Å². The fourth-order valence-corrected chi connectivity index (χ4v) is 2.31. The number of aromatic amines is 1. The van der Waals surface area contributed by atoms with E-state index in [4.69, 9.17) is 16.0 Å². The molecule has 0 aliphatic heterocycles. The summed E-state index contributed by atoms with van der Waals surface area (Å²) in [5.41, 5.74) is 1.54. The number of carbonyl (C=O) groups is 2. The van der Waals surface area contributed by atoms with Gasteiger partial charge in [0.15, 0.2) is 5.58 Å². The number of H-pyrrole nitrogens is 1. The highest BCUT2D eigenvalue weighted by atomic mass is 35.5. The van der Waals surface area contributed by atoms with Gasteiger partial charge in [0.25, 0.3) is 5.91 Å². The van der Waals surface area contributed by atoms with Crippen LogP contribution in [0.5, 0.6) is 0 Å². The van der Waals surface area contributed by atoms with E-state index in [0.29, 0.717) is 5.52 Å². The van der Waals surface area contributed by atoms with Crippen molar-refractivity contribution in [2.45, 2.75) is 0 Å². The van der Waals surface area contributed by atoms with Gasteiger partial charge >= 0.3 is 11.7 Å². The molecular weight excluding hydrogens is 336 g/mol. The Labute approximate surface area is 140 Å². The van der Waals surface area contributed by atoms with Crippen LogP contribution in [-0.4, -0.2) is 24.0 Å². The van der Waals surface area contributed by atoms with Gasteiger partial charge in [-0.2, -0.15) is 0 Å². The first kappa shape index (κ1) is 15.8. The minimum absolute atomic E-state index is 0.254. The summed E-state index contributed by atoms with van der Waals surface area (Å²) in [5, 5.41) is 2.88. The van der Waals surface area contributed by atoms with Crippen LogP contribution in [0.1, 0.15) is 20.7 Å². The Morgan fingerprint density at radius 1 is 1.17 bits per heavy atom. The van der Waals surface area contributed by atoms with E-state index in [9.17, 15) is 14.4 Å². The maximum absolute atomic E-state index is 12.4. The zero-order valence-electron chi connectivity index (χ0n) is 12.4. The number of hydrogen-bond acceptors (Lipinski definition) is 5. The zero-order chi connectivity index (χ0) is 17.3. The third-order valence-electron chi connectivity index (χ3n) is 3.32. The van der Waals surface area contributed by atoms with Crippen LogP contribution in [0, 0.1) is 0 Å². The van der Waals surface area contributed by atoms with Crippen LogP contribution < -0.4 is 11.1 Å². The largest absolute Gasteiger partial charge is 0.465 e. The van der Waals surface area contributed by atoms with Crippen molar-refractivity contribution in [3.63, 3.8) is 0 Å². The van der Waals surface area contributed by atoms with Crippen molar-refractivity contribution in [1.82, 2.24) is 4.98 Å². The molecule has 3 aromatic rings. The Bertz CT molecular complexity index is 1010. The van der Waals surface area contributed by atoms with E-state index in [1.54, 1.807) is 6.07 Å². The lowest BCUT2D eigenvalue weighted by Gasteiger charge is -2.09. The Morgan fingerprint density at radius 3 is 2.67 bits per heavy atom. The number of rotatable bonds is 3. The van der Waals surface area contributed by atoms with E-state index >= 15 is 0 Å². The third kappa shape index (κ3) is 3.02. The van der Waals surface area contributed by atoms with Crippen molar-refractivity contribution < 1.29 is 18.7 Å². The molecule has 0 saturated carbocycles. The molecule has 1 amide bonds. The monoisotopic (exact) mass is 346 g/mol. The van der Waals surface area contributed by atoms with Crippen LogP contribution in [0.3, 0.4) is 0 Å². The van der Waals surface area contributed by atoms with Gasteiger partial charge in [-0.05, 0) is 36.4 Å². The first-order chi connectivity index (χ1) is 11.5. The smallest absolute Gasteiger partial charge is 0.417 e. The van der Waals surface area contributed by atoms with Gasteiger partial charge in [-0.15, -0.1) is 0 Å². The van der Waals surface area contributed by atoms with Gasteiger partial charge in [-0.1, -0.05) is 11.6 Å². The van der Waals surface area contributed by atoms with E-state index in [2.05, 4.69) is 15.0 Å². The van der Waals surface area contributed by atoms with Crippen molar-refractivity contribution in [2.75, 3.05) is 12.4 Å². The van der Waals surface area contributed by atoms with E-state index in [1.807, 2.05) is 0 Å². The molecule has 3 rings (SSSR count). The second-order valence-electron chi connectivity index (χ2n) is 4.87. The number of amides is 1. The highest BCUT2D eigenvalue weighted by molar-refractivity contribution is 6.34. The first-order valence-corrected chi connectivity index (χ1v) is 7.18. The lowest BCUT2D eigenvalue weighted by Crippen LogP contribution is -2.13. The highest BCUT2D eigenvalue weighted by Gasteiger charge is 2.13. The average Bonchev–Trinajstić information content (AvgIpc) is 2.95. The average molecular weight is 347 g/mol. The molecule has 0 radical (unpaired) electrons. The zero-order valence-corrected chi connectivity index (χ0v) is 13.1. The van der Waals surface area contributed by atoms with Crippen LogP contribution in [-0.2, 0) is 4.74 Å². The number of anilines is 1. The standard InChI is InChI=1S/C16H11ClN2O5/c1-23-15(21)9-2-4-10(17)12(6-9)18-14(20)8-3-5-11-13(7-8)24-16(22)19-11/h2-7H,1H3,(H,18,20)(H,19,22). The van der Waals surface area contributed by atoms with E-state index < -0.39 is 17.6 Å². The molecule has 24 heavy (non-hydrogen) atoms. The van der Waals surface area contributed by atoms with Crippen molar-refractivity contribution in [3.05, 3.63) is 63.1 Å². The molecular formula is C16H11ClN2O5. The third-order valence-corrected chi connectivity index (χ3v) is 3.65. The predicted octanol–water partition coefficient (Wildman–Crippen LogP) is 2.81. The molecule has 0 aliphatic rings. The summed E-state index contributed by atoms with van der Waals surface area (Å²) in [6.07, 6.45) is 0. The fourth-order valence-electron chi connectivity index (χ4n) is 2.15. The Kier molecular flexibility index (Phi) is 4.09. The molecule has 122 valence electrons. The molecule has 0 fully saturated rings. The SMILES string of the molecule is COC(=O)c1ccc(Cl)c(NC(=O)c2ccc3[nH]c(=O)oc3c2)c1. The number of methoxy groups -OCH3 is 1. The lowest BCUT2D eigenvalue weighted by molar-refractivity contribution is 0.0600. The molecule has 0 atom stereocenters. The summed E-state index contributed by atoms with van der Waals surface area (Å²) in [4.78, 5) is 37.5. The molecule has 0 saturated heterocycles. The Hall–Kier alpha value is -3.06. The number of benzene rings is 2. The Morgan fingerprint density at radius 2 is 1.92 bits per heavy atom.